The molecule has 2 aliphatic rings. The van der Waals surface area contributed by atoms with Crippen LogP contribution in [-0.4, -0.2) is 55.3 Å². The fourth-order valence-corrected chi connectivity index (χ4v) is 5.48. The fraction of sp³-hybridized carbons (Fsp3) is 0.312. The molecule has 1 saturated heterocycles. The number of ketones is 1. The molecule has 9 nitrogen and oxygen atoms in total. The Balaban J connectivity index is 1.49. The molecule has 0 aromatic heterocycles. The van der Waals surface area contributed by atoms with Crippen molar-refractivity contribution >= 4 is 40.7 Å². The van der Waals surface area contributed by atoms with Crippen LogP contribution in [0.2, 0.25) is 0 Å². The van der Waals surface area contributed by atoms with Gasteiger partial charge in [0.25, 0.3) is 5.91 Å². The van der Waals surface area contributed by atoms with Crippen LogP contribution < -0.4 is 25.8 Å². The van der Waals surface area contributed by atoms with E-state index in [9.17, 15) is 19.2 Å². The van der Waals surface area contributed by atoms with Gasteiger partial charge in [0.15, 0.2) is 5.78 Å². The first kappa shape index (κ1) is 28.0. The van der Waals surface area contributed by atoms with Crippen molar-refractivity contribution in [3.05, 3.63) is 89.5 Å². The summed E-state index contributed by atoms with van der Waals surface area (Å²) in [6.07, 6.45) is 2.61. The smallest absolute Gasteiger partial charge is 0.319 e. The van der Waals surface area contributed by atoms with E-state index in [-0.39, 0.29) is 24.8 Å². The Bertz CT molecular complexity index is 1470. The minimum atomic E-state index is -1.09. The summed E-state index contributed by atoms with van der Waals surface area (Å²) in [5, 5.41) is 8.87. The highest BCUT2D eigenvalue weighted by Crippen LogP contribution is 2.34. The number of fused-ring (bicyclic) bond motifs is 1. The molecule has 0 radical (unpaired) electrons. The molecule has 1 fully saturated rings. The number of rotatable bonds is 6. The number of carbonyl (C=O) groups is 4. The van der Waals surface area contributed by atoms with Crippen molar-refractivity contribution in [1.82, 2.24) is 10.6 Å². The number of aryl methyl sites for hydroxylation is 2. The van der Waals surface area contributed by atoms with Gasteiger partial charge >= 0.3 is 6.03 Å². The first-order valence-electron chi connectivity index (χ1n) is 14.0. The third kappa shape index (κ3) is 6.30. The molecule has 2 unspecified atom stereocenters. The van der Waals surface area contributed by atoms with E-state index in [1.165, 1.54) is 4.90 Å². The van der Waals surface area contributed by atoms with Gasteiger partial charge in [-0.1, -0.05) is 55.0 Å². The van der Waals surface area contributed by atoms with Crippen LogP contribution in [0.1, 0.15) is 40.7 Å². The van der Waals surface area contributed by atoms with Crippen molar-refractivity contribution in [2.45, 2.75) is 45.2 Å². The third-order valence-corrected chi connectivity index (χ3v) is 7.60. The van der Waals surface area contributed by atoms with Crippen LogP contribution in [0.4, 0.5) is 21.9 Å². The van der Waals surface area contributed by atoms with Gasteiger partial charge in [-0.3, -0.25) is 14.4 Å². The van der Waals surface area contributed by atoms with Crippen molar-refractivity contribution in [2.24, 2.45) is 0 Å². The highest BCUT2D eigenvalue weighted by molar-refractivity contribution is 6.13. The Morgan fingerprint density at radius 2 is 1.68 bits per heavy atom. The largest absolute Gasteiger partial charge is 0.324 e. The van der Waals surface area contributed by atoms with Crippen molar-refractivity contribution in [1.29, 1.82) is 0 Å². The Hall–Kier alpha value is -4.50. The molecule has 2 aliphatic heterocycles. The summed E-state index contributed by atoms with van der Waals surface area (Å²) in [7, 11) is 0. The lowest BCUT2D eigenvalue weighted by Crippen LogP contribution is -2.56. The molecule has 0 saturated carbocycles. The summed E-state index contributed by atoms with van der Waals surface area (Å²) in [5.74, 6) is -0.864. The zero-order valence-corrected chi connectivity index (χ0v) is 23.4. The second-order valence-corrected chi connectivity index (χ2v) is 10.6. The molecule has 2 heterocycles. The zero-order chi connectivity index (χ0) is 28.9. The van der Waals surface area contributed by atoms with E-state index in [1.807, 2.05) is 44.2 Å². The first-order valence-corrected chi connectivity index (χ1v) is 14.0. The number of nitrogens with zero attached hydrogens (tertiary/aromatic N) is 2. The maximum Gasteiger partial charge on any atom is 0.319 e. The van der Waals surface area contributed by atoms with Crippen molar-refractivity contribution in [2.75, 3.05) is 34.8 Å². The van der Waals surface area contributed by atoms with Gasteiger partial charge in [0.2, 0.25) is 5.91 Å². The van der Waals surface area contributed by atoms with Gasteiger partial charge in [0.1, 0.15) is 6.04 Å². The quantitative estimate of drug-likeness (QED) is 0.397. The molecular formula is C32H35N5O4. The van der Waals surface area contributed by atoms with E-state index in [0.29, 0.717) is 29.0 Å². The molecule has 0 spiro atoms. The van der Waals surface area contributed by atoms with Crippen LogP contribution in [0.15, 0.2) is 72.8 Å². The number of anilines is 3. The Morgan fingerprint density at radius 1 is 0.927 bits per heavy atom. The number of para-hydroxylation sites is 2. The SMILES string of the molecule is Cc1cccc(NC(=O)NC2CN(C(=O)C3CCCCN3)c3ccccc3N(CC(=O)c3ccccc3C)C2=O)c1. The minimum Gasteiger partial charge on any atom is -0.324 e. The van der Waals surface area contributed by atoms with Crippen LogP contribution in [0, 0.1) is 13.8 Å². The standard InChI is InChI=1S/C32H35N5O4/c1-21-10-9-12-23(18-21)34-32(41)35-26-19-36(30(39)25-14-7-8-17-33-25)27-15-5-6-16-28(27)37(31(26)40)20-29(38)24-13-4-3-11-22(24)2/h3-6,9-13,15-16,18,25-26,33H,7-8,14,17,19-20H2,1-2H3,(H2,34,35,41). The van der Waals surface area contributed by atoms with Gasteiger partial charge in [0, 0.05) is 11.3 Å². The average Bonchev–Trinajstić information content (AvgIpc) is 3.08. The maximum atomic E-state index is 14.1. The van der Waals surface area contributed by atoms with Crippen LogP contribution in [0.3, 0.4) is 0 Å². The Kier molecular flexibility index (Phi) is 8.45. The van der Waals surface area contributed by atoms with Crippen LogP contribution in [0.5, 0.6) is 0 Å². The predicted molar refractivity (Wildman–Crippen MR) is 159 cm³/mol. The second kappa shape index (κ2) is 12.3. The molecule has 3 N–H and O–H groups in total. The summed E-state index contributed by atoms with van der Waals surface area (Å²) in [4.78, 5) is 57.6. The molecule has 9 heteroatoms. The van der Waals surface area contributed by atoms with Gasteiger partial charge in [0.05, 0.1) is 30.5 Å². The summed E-state index contributed by atoms with van der Waals surface area (Å²) >= 11 is 0. The molecule has 0 bridgehead atoms. The molecule has 4 amide bonds. The number of benzene rings is 3. The lowest BCUT2D eigenvalue weighted by Gasteiger charge is -2.31. The first-order chi connectivity index (χ1) is 19.8. The summed E-state index contributed by atoms with van der Waals surface area (Å²) < 4.78 is 0. The van der Waals surface area contributed by atoms with Crippen LogP contribution in [-0.2, 0) is 9.59 Å². The molecule has 3 aromatic rings. The van der Waals surface area contributed by atoms with Gasteiger partial charge < -0.3 is 25.8 Å². The third-order valence-electron chi connectivity index (χ3n) is 7.60. The molecular weight excluding hydrogens is 518 g/mol. The maximum absolute atomic E-state index is 14.1. The molecule has 41 heavy (non-hydrogen) atoms. The molecule has 212 valence electrons. The van der Waals surface area contributed by atoms with Crippen LogP contribution in [0.25, 0.3) is 0 Å². The Labute approximate surface area is 239 Å². The number of piperidine rings is 1. The number of nitrogens with one attached hydrogen (secondary N) is 3. The van der Waals surface area contributed by atoms with E-state index in [0.717, 1.165) is 30.5 Å². The number of hydrogen-bond donors (Lipinski definition) is 3. The van der Waals surface area contributed by atoms with Crippen molar-refractivity contribution in [3.63, 3.8) is 0 Å². The number of Topliss-reactive ketones (excluding diaryl/α,β-unsaturated/α-hetero) is 1. The number of carbonyl (C=O) groups excluding carboxylic acids is 4. The van der Waals surface area contributed by atoms with E-state index >= 15 is 0 Å². The zero-order valence-electron chi connectivity index (χ0n) is 23.4. The van der Waals surface area contributed by atoms with Gasteiger partial charge in [-0.2, -0.15) is 0 Å². The average molecular weight is 554 g/mol. The monoisotopic (exact) mass is 553 g/mol. The number of hydrogen-bond acceptors (Lipinski definition) is 5. The van der Waals surface area contributed by atoms with Crippen molar-refractivity contribution in [3.8, 4) is 0 Å². The fourth-order valence-electron chi connectivity index (χ4n) is 5.48. The normalized spacial score (nSPS) is 18.7. The lowest BCUT2D eigenvalue weighted by molar-refractivity contribution is -0.121. The summed E-state index contributed by atoms with van der Waals surface area (Å²) in [6, 6.07) is 19.6. The highest BCUT2D eigenvalue weighted by Gasteiger charge is 2.39. The van der Waals surface area contributed by atoms with E-state index in [2.05, 4.69) is 16.0 Å². The predicted octanol–water partition coefficient (Wildman–Crippen LogP) is 4.20. The molecule has 5 rings (SSSR count). The molecule has 0 aliphatic carbocycles. The lowest BCUT2D eigenvalue weighted by atomic mass is 10.0. The van der Waals surface area contributed by atoms with E-state index in [4.69, 9.17) is 0 Å². The van der Waals surface area contributed by atoms with E-state index < -0.39 is 24.0 Å². The molecule has 3 aromatic carbocycles. The summed E-state index contributed by atoms with van der Waals surface area (Å²) in [5.41, 5.74) is 3.86. The summed E-state index contributed by atoms with van der Waals surface area (Å²) in [6.45, 7) is 4.21. The van der Waals surface area contributed by atoms with Crippen molar-refractivity contribution < 1.29 is 19.2 Å². The van der Waals surface area contributed by atoms with Gasteiger partial charge in [-0.05, 0) is 68.6 Å². The highest BCUT2D eigenvalue weighted by atomic mass is 16.2. The van der Waals surface area contributed by atoms with Gasteiger partial charge in [-0.15, -0.1) is 0 Å². The second-order valence-electron chi connectivity index (χ2n) is 10.6. The number of urea groups is 1. The number of amides is 4. The van der Waals surface area contributed by atoms with E-state index in [1.54, 1.807) is 47.4 Å². The topological polar surface area (TPSA) is 111 Å². The Morgan fingerprint density at radius 3 is 2.41 bits per heavy atom. The van der Waals surface area contributed by atoms with Gasteiger partial charge in [-0.25, -0.2) is 4.79 Å². The minimum absolute atomic E-state index is 0.0663. The van der Waals surface area contributed by atoms with Crippen LogP contribution >= 0.6 is 0 Å². The molecule has 2 atom stereocenters.